The number of rotatable bonds is 6. The van der Waals surface area contributed by atoms with Crippen LogP contribution in [0.25, 0.3) is 0 Å². The Labute approximate surface area is 244 Å². The second-order valence-electron chi connectivity index (χ2n) is 10.6. The number of hydrogen-bond acceptors (Lipinski definition) is 0. The number of benzene rings is 2. The summed E-state index contributed by atoms with van der Waals surface area (Å²) in [5.74, 6) is 3.49. The predicted octanol–water partition coefficient (Wildman–Crippen LogP) is 3.34. The summed E-state index contributed by atoms with van der Waals surface area (Å²) < 4.78 is 0. The van der Waals surface area contributed by atoms with Gasteiger partial charge in [0.1, 0.15) is 0 Å². The zero-order valence-corrected chi connectivity index (χ0v) is 29.1. The Morgan fingerprint density at radius 1 is 0.394 bits per heavy atom. The molecule has 0 heterocycles. The van der Waals surface area contributed by atoms with E-state index in [4.69, 9.17) is 0 Å². The van der Waals surface area contributed by atoms with E-state index >= 15 is 0 Å². The summed E-state index contributed by atoms with van der Waals surface area (Å²) in [5.41, 5.74) is 8.30. The van der Waals surface area contributed by atoms with Crippen molar-refractivity contribution in [3.05, 3.63) is 69.8 Å². The summed E-state index contributed by atoms with van der Waals surface area (Å²) in [7, 11) is 0. The molecule has 0 amide bonds. The van der Waals surface area contributed by atoms with E-state index in [0.717, 1.165) is 0 Å². The number of hydrogen-bond donors (Lipinski definition) is 0. The summed E-state index contributed by atoms with van der Waals surface area (Å²) in [5, 5.41) is 0. The first-order chi connectivity index (χ1) is 13.8. The summed E-state index contributed by atoms with van der Waals surface area (Å²) in [4.78, 5) is 0. The molecular weight excluding hydrogens is 639 g/mol. The van der Waals surface area contributed by atoms with E-state index in [1.54, 1.807) is 0 Å². The van der Waals surface area contributed by atoms with Gasteiger partial charge in [-0.3, -0.25) is 0 Å². The van der Waals surface area contributed by atoms with Gasteiger partial charge in [0.2, 0.25) is 0 Å². The van der Waals surface area contributed by atoms with Crippen LogP contribution in [0.5, 0.6) is 0 Å². The minimum atomic E-state index is 0. The van der Waals surface area contributed by atoms with Gasteiger partial charge in [-0.05, 0) is 81.0 Å². The molecule has 33 heavy (non-hydrogen) atoms. The molecule has 3 heteroatoms. The molecule has 0 saturated carbocycles. The molecular formula is C30H46Br2Sn. The van der Waals surface area contributed by atoms with Crippen molar-refractivity contribution >= 4 is 23.9 Å². The molecule has 0 N–H and O–H groups in total. The van der Waals surface area contributed by atoms with Crippen molar-refractivity contribution in [1.82, 2.24) is 0 Å². The molecule has 184 valence electrons. The maximum atomic E-state index is 3.54. The monoisotopic (exact) mass is 684 g/mol. The maximum absolute atomic E-state index is 3.54. The standard InChI is InChI=1S/2C15H23.2BrH.Sn/c2*1-10(2)13-7-14(11(3)4)9-15(8-13)12(5)6;;;/h2*7-8,10-12H,1-6H3;2*1H;/q;;;;+2/p-2. The molecule has 0 fully saturated rings. The molecule has 0 unspecified atom stereocenters. The summed E-state index contributed by atoms with van der Waals surface area (Å²) in [6.45, 7) is 26.9. The molecule has 4 radical (unpaired) electrons. The Kier molecular flexibility index (Phi) is 20.1. The topological polar surface area (TPSA) is 0 Å². The first kappa shape index (κ1) is 37.7. The minimum Gasteiger partial charge on any atom is -1.00 e. The van der Waals surface area contributed by atoms with Gasteiger partial charge in [0.25, 0.3) is 0 Å². The van der Waals surface area contributed by atoms with Gasteiger partial charge in [0, 0.05) is 0 Å². The van der Waals surface area contributed by atoms with E-state index in [1.165, 1.54) is 33.4 Å². The van der Waals surface area contributed by atoms with Gasteiger partial charge in [0.15, 0.2) is 0 Å². The largest absolute Gasteiger partial charge is 2.00 e. The third kappa shape index (κ3) is 12.6. The molecule has 0 nitrogen and oxygen atoms in total. The molecule has 2 aromatic carbocycles. The molecule has 0 aliphatic rings. The van der Waals surface area contributed by atoms with Crippen LogP contribution in [0, 0.1) is 12.1 Å². The second kappa shape index (κ2) is 17.6. The normalized spacial score (nSPS) is 10.7. The van der Waals surface area contributed by atoms with Crippen LogP contribution in [-0.4, -0.2) is 23.9 Å². The zero-order chi connectivity index (χ0) is 23.2. The fourth-order valence-corrected chi connectivity index (χ4v) is 3.19. The SMILES string of the molecule is CC(C)c1[c]c(C(C)C)cc(C(C)C)c1.CC(C)c1[c]c(C(C)C)cc(C(C)C)c1.[Br-].[Br-].[Sn+2]. The van der Waals surface area contributed by atoms with E-state index in [9.17, 15) is 0 Å². The van der Waals surface area contributed by atoms with Crippen LogP contribution < -0.4 is 34.0 Å². The van der Waals surface area contributed by atoms with Crippen LogP contribution in [0.1, 0.15) is 152 Å². The Hall–Kier alpha value is 0.199. The predicted molar refractivity (Wildman–Crippen MR) is 141 cm³/mol. The van der Waals surface area contributed by atoms with Crippen molar-refractivity contribution in [1.29, 1.82) is 0 Å². The molecule has 0 spiro atoms. The van der Waals surface area contributed by atoms with Gasteiger partial charge in [0.05, 0.1) is 0 Å². The third-order valence-electron chi connectivity index (χ3n) is 5.69. The summed E-state index contributed by atoms with van der Waals surface area (Å²) >= 11 is 0. The van der Waals surface area contributed by atoms with Gasteiger partial charge in [-0.2, -0.15) is 0 Å². The van der Waals surface area contributed by atoms with Gasteiger partial charge < -0.3 is 34.0 Å². The average Bonchev–Trinajstić information content (AvgIpc) is 2.67. The van der Waals surface area contributed by atoms with E-state index in [1.807, 2.05) is 0 Å². The van der Waals surface area contributed by atoms with E-state index < -0.39 is 0 Å². The van der Waals surface area contributed by atoms with E-state index in [2.05, 4.69) is 119 Å². The maximum Gasteiger partial charge on any atom is 2.00 e. The first-order valence-electron chi connectivity index (χ1n) is 12.0. The molecule has 0 bridgehead atoms. The Balaban J connectivity index is -0.000000500. The van der Waals surface area contributed by atoms with Crippen LogP contribution in [0.2, 0.25) is 0 Å². The quantitative estimate of drug-likeness (QED) is 0.410. The smallest absolute Gasteiger partial charge is 1.00 e. The van der Waals surface area contributed by atoms with Gasteiger partial charge in [-0.25, -0.2) is 0 Å². The Bertz CT molecular complexity index is 593. The number of halogens is 2. The molecule has 0 saturated heterocycles. The van der Waals surface area contributed by atoms with Gasteiger partial charge in [-0.15, -0.1) is 0 Å². The van der Waals surface area contributed by atoms with Crippen LogP contribution >= 0.6 is 0 Å². The second-order valence-corrected chi connectivity index (χ2v) is 10.6. The summed E-state index contributed by atoms with van der Waals surface area (Å²) in [6.07, 6.45) is 0. The van der Waals surface area contributed by atoms with Crippen LogP contribution in [-0.2, 0) is 0 Å². The van der Waals surface area contributed by atoms with Gasteiger partial charge in [-0.1, -0.05) is 107 Å². The van der Waals surface area contributed by atoms with E-state index in [0.29, 0.717) is 35.5 Å². The van der Waals surface area contributed by atoms with Crippen LogP contribution in [0.3, 0.4) is 0 Å². The fraction of sp³-hybridized carbons (Fsp3) is 0.600. The third-order valence-corrected chi connectivity index (χ3v) is 5.69. The molecule has 0 atom stereocenters. The Morgan fingerprint density at radius 3 is 0.697 bits per heavy atom. The van der Waals surface area contributed by atoms with Crippen molar-refractivity contribution in [2.24, 2.45) is 0 Å². The van der Waals surface area contributed by atoms with Crippen molar-refractivity contribution in [3.8, 4) is 0 Å². The minimum absolute atomic E-state index is 0. The van der Waals surface area contributed by atoms with Crippen LogP contribution in [0.4, 0.5) is 0 Å². The van der Waals surface area contributed by atoms with Crippen molar-refractivity contribution in [2.75, 3.05) is 0 Å². The Morgan fingerprint density at radius 2 is 0.576 bits per heavy atom. The zero-order valence-electron chi connectivity index (χ0n) is 23.0. The van der Waals surface area contributed by atoms with Crippen molar-refractivity contribution in [2.45, 2.75) is 119 Å². The average molecular weight is 685 g/mol. The molecule has 2 aromatic rings. The molecule has 2 rings (SSSR count). The van der Waals surface area contributed by atoms with Crippen molar-refractivity contribution in [3.63, 3.8) is 0 Å². The van der Waals surface area contributed by atoms with Gasteiger partial charge >= 0.3 is 23.9 Å². The van der Waals surface area contributed by atoms with Crippen molar-refractivity contribution < 1.29 is 34.0 Å². The fourth-order valence-electron chi connectivity index (χ4n) is 3.19. The molecule has 0 aliphatic carbocycles. The molecule has 0 aromatic heterocycles. The first-order valence-corrected chi connectivity index (χ1v) is 12.0. The molecule has 0 aliphatic heterocycles. The summed E-state index contributed by atoms with van der Waals surface area (Å²) in [6, 6.07) is 16.3. The van der Waals surface area contributed by atoms with Crippen LogP contribution in [0.15, 0.2) is 24.3 Å². The van der Waals surface area contributed by atoms with E-state index in [-0.39, 0.29) is 57.9 Å².